The van der Waals surface area contributed by atoms with Crippen LogP contribution in [-0.2, 0) is 19.6 Å². The summed E-state index contributed by atoms with van der Waals surface area (Å²) in [7, 11) is 0. The molecule has 1 aromatic heterocycles. The van der Waals surface area contributed by atoms with E-state index in [2.05, 4.69) is 26.3 Å². The van der Waals surface area contributed by atoms with Gasteiger partial charge < -0.3 is 5.32 Å². The van der Waals surface area contributed by atoms with Crippen molar-refractivity contribution in [2.24, 2.45) is 0 Å². The average Bonchev–Trinajstić information content (AvgIpc) is 2.70. The topological polar surface area (TPSA) is 29.9 Å². The summed E-state index contributed by atoms with van der Waals surface area (Å²) < 4.78 is 28.8. The SMILES string of the molecule is CCn1nc(C)c(Br)c1CNCc1ccc(F)c(F)c1. The zero-order valence-electron chi connectivity index (χ0n) is 11.4. The van der Waals surface area contributed by atoms with Gasteiger partial charge in [-0.3, -0.25) is 4.68 Å². The number of benzene rings is 1. The van der Waals surface area contributed by atoms with E-state index in [0.717, 1.165) is 28.5 Å². The number of rotatable bonds is 5. The van der Waals surface area contributed by atoms with E-state index in [4.69, 9.17) is 0 Å². The summed E-state index contributed by atoms with van der Waals surface area (Å²) in [5.41, 5.74) is 2.70. The summed E-state index contributed by atoms with van der Waals surface area (Å²) in [6.45, 7) is 5.83. The zero-order valence-corrected chi connectivity index (χ0v) is 13.0. The Morgan fingerprint density at radius 1 is 1.25 bits per heavy atom. The van der Waals surface area contributed by atoms with Gasteiger partial charge in [-0.15, -0.1) is 0 Å². The van der Waals surface area contributed by atoms with E-state index < -0.39 is 11.6 Å². The first-order chi connectivity index (χ1) is 9.52. The number of nitrogens with zero attached hydrogens (tertiary/aromatic N) is 2. The van der Waals surface area contributed by atoms with E-state index in [-0.39, 0.29) is 0 Å². The fourth-order valence-corrected chi connectivity index (χ4v) is 2.44. The normalized spacial score (nSPS) is 11.1. The van der Waals surface area contributed by atoms with E-state index in [9.17, 15) is 8.78 Å². The Balaban J connectivity index is 2.01. The maximum Gasteiger partial charge on any atom is 0.159 e. The molecule has 0 atom stereocenters. The summed E-state index contributed by atoms with van der Waals surface area (Å²) in [4.78, 5) is 0. The van der Waals surface area contributed by atoms with Gasteiger partial charge in [-0.1, -0.05) is 6.07 Å². The highest BCUT2D eigenvalue weighted by Gasteiger charge is 2.11. The number of hydrogen-bond acceptors (Lipinski definition) is 2. The lowest BCUT2D eigenvalue weighted by Gasteiger charge is -2.08. The number of aryl methyl sites for hydroxylation is 2. The smallest absolute Gasteiger partial charge is 0.159 e. The van der Waals surface area contributed by atoms with Crippen LogP contribution < -0.4 is 5.32 Å². The Kier molecular flexibility index (Phi) is 4.88. The number of nitrogens with one attached hydrogen (secondary N) is 1. The van der Waals surface area contributed by atoms with Crippen LogP contribution in [-0.4, -0.2) is 9.78 Å². The lowest BCUT2D eigenvalue weighted by atomic mass is 10.2. The molecule has 0 fully saturated rings. The molecule has 3 nitrogen and oxygen atoms in total. The fraction of sp³-hybridized carbons (Fsp3) is 0.357. The molecule has 6 heteroatoms. The largest absolute Gasteiger partial charge is 0.307 e. The Hall–Kier alpha value is -1.27. The Bertz CT molecular complexity index is 611. The van der Waals surface area contributed by atoms with Gasteiger partial charge in [0.05, 0.1) is 15.9 Å². The van der Waals surface area contributed by atoms with Crippen LogP contribution >= 0.6 is 15.9 Å². The van der Waals surface area contributed by atoms with E-state index in [0.29, 0.717) is 18.7 Å². The van der Waals surface area contributed by atoms with Crippen molar-refractivity contribution < 1.29 is 8.78 Å². The third-order valence-corrected chi connectivity index (χ3v) is 4.09. The Morgan fingerprint density at radius 3 is 2.65 bits per heavy atom. The summed E-state index contributed by atoms with van der Waals surface area (Å²) in [6.07, 6.45) is 0. The monoisotopic (exact) mass is 343 g/mol. The number of halogens is 3. The molecule has 2 rings (SSSR count). The Morgan fingerprint density at radius 2 is 2.00 bits per heavy atom. The summed E-state index contributed by atoms with van der Waals surface area (Å²) in [5.74, 6) is -1.64. The van der Waals surface area contributed by atoms with Gasteiger partial charge in [0.15, 0.2) is 11.6 Å². The van der Waals surface area contributed by atoms with E-state index in [1.54, 1.807) is 6.07 Å². The van der Waals surface area contributed by atoms with Crippen LogP contribution in [0.25, 0.3) is 0 Å². The molecule has 20 heavy (non-hydrogen) atoms. The first-order valence-corrected chi connectivity index (χ1v) is 7.18. The van der Waals surface area contributed by atoms with Gasteiger partial charge in [-0.05, 0) is 47.5 Å². The molecule has 0 amide bonds. The summed E-state index contributed by atoms with van der Waals surface area (Å²) in [5, 5.41) is 7.61. The highest BCUT2D eigenvalue weighted by Crippen LogP contribution is 2.21. The molecule has 1 aromatic carbocycles. The highest BCUT2D eigenvalue weighted by molar-refractivity contribution is 9.10. The van der Waals surface area contributed by atoms with Crippen molar-refractivity contribution >= 4 is 15.9 Å². The molecule has 0 unspecified atom stereocenters. The van der Waals surface area contributed by atoms with Crippen LogP contribution in [0.1, 0.15) is 23.9 Å². The molecule has 108 valence electrons. The second kappa shape index (κ2) is 6.45. The van der Waals surface area contributed by atoms with Crippen LogP contribution in [0.5, 0.6) is 0 Å². The molecule has 1 heterocycles. The molecule has 0 saturated heterocycles. The highest BCUT2D eigenvalue weighted by atomic mass is 79.9. The second-order valence-electron chi connectivity index (χ2n) is 4.51. The van der Waals surface area contributed by atoms with Gasteiger partial charge in [0.2, 0.25) is 0 Å². The van der Waals surface area contributed by atoms with Gasteiger partial charge in [0, 0.05) is 19.6 Å². The third kappa shape index (κ3) is 3.24. The van der Waals surface area contributed by atoms with Crippen molar-refractivity contribution in [1.82, 2.24) is 15.1 Å². The third-order valence-electron chi connectivity index (χ3n) is 3.06. The van der Waals surface area contributed by atoms with Crippen LogP contribution in [0.15, 0.2) is 22.7 Å². The average molecular weight is 344 g/mol. The maximum absolute atomic E-state index is 13.1. The van der Waals surface area contributed by atoms with E-state index >= 15 is 0 Å². The molecular weight excluding hydrogens is 328 g/mol. The van der Waals surface area contributed by atoms with Crippen molar-refractivity contribution in [1.29, 1.82) is 0 Å². The lowest BCUT2D eigenvalue weighted by Crippen LogP contribution is -2.16. The fourth-order valence-electron chi connectivity index (χ4n) is 2.01. The molecule has 0 bridgehead atoms. The standard InChI is InChI=1S/C14H16BrF2N3/c1-3-20-13(14(15)9(2)19-20)8-18-7-10-4-5-11(16)12(17)6-10/h4-6,18H,3,7-8H2,1-2H3. The van der Waals surface area contributed by atoms with Crippen molar-refractivity contribution in [3.8, 4) is 0 Å². The molecular formula is C14H16BrF2N3. The molecule has 0 spiro atoms. The molecule has 0 radical (unpaired) electrons. The first kappa shape index (κ1) is 15.1. The van der Waals surface area contributed by atoms with Crippen molar-refractivity contribution in [3.63, 3.8) is 0 Å². The van der Waals surface area contributed by atoms with Gasteiger partial charge >= 0.3 is 0 Å². The summed E-state index contributed by atoms with van der Waals surface area (Å²) in [6, 6.07) is 3.92. The van der Waals surface area contributed by atoms with Gasteiger partial charge in [-0.2, -0.15) is 5.10 Å². The van der Waals surface area contributed by atoms with Gasteiger partial charge in [-0.25, -0.2) is 8.78 Å². The van der Waals surface area contributed by atoms with Gasteiger partial charge in [0.1, 0.15) is 0 Å². The zero-order chi connectivity index (χ0) is 14.7. The molecule has 1 N–H and O–H groups in total. The van der Waals surface area contributed by atoms with Crippen LogP contribution in [0.3, 0.4) is 0 Å². The van der Waals surface area contributed by atoms with E-state index in [1.165, 1.54) is 6.07 Å². The molecule has 0 aliphatic rings. The van der Waals surface area contributed by atoms with Crippen molar-refractivity contribution in [2.75, 3.05) is 0 Å². The first-order valence-electron chi connectivity index (χ1n) is 6.39. The number of aromatic nitrogens is 2. The van der Waals surface area contributed by atoms with Crippen LogP contribution in [0.4, 0.5) is 8.78 Å². The molecule has 0 aliphatic carbocycles. The van der Waals surface area contributed by atoms with Crippen LogP contribution in [0, 0.1) is 18.6 Å². The van der Waals surface area contributed by atoms with Crippen molar-refractivity contribution in [3.05, 3.63) is 51.3 Å². The number of hydrogen-bond donors (Lipinski definition) is 1. The molecule has 0 aliphatic heterocycles. The molecule has 2 aromatic rings. The van der Waals surface area contributed by atoms with E-state index in [1.807, 2.05) is 18.5 Å². The summed E-state index contributed by atoms with van der Waals surface area (Å²) >= 11 is 3.52. The van der Waals surface area contributed by atoms with Crippen LogP contribution in [0.2, 0.25) is 0 Å². The minimum Gasteiger partial charge on any atom is -0.307 e. The second-order valence-corrected chi connectivity index (χ2v) is 5.31. The predicted molar refractivity (Wildman–Crippen MR) is 77.2 cm³/mol. The minimum atomic E-state index is -0.823. The maximum atomic E-state index is 13.1. The lowest BCUT2D eigenvalue weighted by molar-refractivity contribution is 0.505. The Labute approximate surface area is 125 Å². The predicted octanol–water partition coefficient (Wildman–Crippen LogP) is 3.54. The molecule has 0 saturated carbocycles. The van der Waals surface area contributed by atoms with Gasteiger partial charge in [0.25, 0.3) is 0 Å². The quantitative estimate of drug-likeness (QED) is 0.899. The minimum absolute atomic E-state index is 0.470. The van der Waals surface area contributed by atoms with Crippen molar-refractivity contribution in [2.45, 2.75) is 33.5 Å².